The Bertz CT molecular complexity index is 340. The summed E-state index contributed by atoms with van der Waals surface area (Å²) >= 11 is 11.6. The van der Waals surface area contributed by atoms with Crippen molar-refractivity contribution in [2.24, 2.45) is 0 Å². The topological polar surface area (TPSA) is 57.5 Å². The largest absolute Gasteiger partial charge is 0.508 e. The first-order chi connectivity index (χ1) is 6.50. The zero-order chi connectivity index (χ0) is 10.7. The first kappa shape index (κ1) is 11.1. The quantitative estimate of drug-likeness (QED) is 0.846. The molecule has 0 bridgehead atoms. The number of rotatable bonds is 3. The van der Waals surface area contributed by atoms with E-state index in [0.29, 0.717) is 5.56 Å². The van der Waals surface area contributed by atoms with Gasteiger partial charge in [0.1, 0.15) is 5.75 Å². The number of halogens is 2. The van der Waals surface area contributed by atoms with Crippen molar-refractivity contribution in [3.63, 3.8) is 0 Å². The normalized spacial score (nSPS) is 10.1. The van der Waals surface area contributed by atoms with Gasteiger partial charge in [0.15, 0.2) is 0 Å². The van der Waals surface area contributed by atoms with Crippen LogP contribution in [0.15, 0.2) is 12.1 Å². The van der Waals surface area contributed by atoms with Crippen LogP contribution < -0.4 is 0 Å². The third kappa shape index (κ3) is 2.79. The molecular weight excluding hydrogens is 227 g/mol. The summed E-state index contributed by atoms with van der Waals surface area (Å²) in [5, 5.41) is 18.2. The number of benzene rings is 1. The minimum Gasteiger partial charge on any atom is -0.508 e. The van der Waals surface area contributed by atoms with E-state index in [1.54, 1.807) is 0 Å². The van der Waals surface area contributed by atoms with Crippen molar-refractivity contribution in [3.05, 3.63) is 27.7 Å². The molecule has 0 fully saturated rings. The highest BCUT2D eigenvalue weighted by Crippen LogP contribution is 2.30. The molecule has 2 N–H and O–H groups in total. The summed E-state index contributed by atoms with van der Waals surface area (Å²) < 4.78 is 0. The Balaban J connectivity index is 2.91. The maximum atomic E-state index is 10.3. The third-order valence-corrected chi connectivity index (χ3v) is 2.39. The second-order valence-corrected chi connectivity index (χ2v) is 3.60. The van der Waals surface area contributed by atoms with Crippen LogP contribution in [0, 0.1) is 0 Å². The monoisotopic (exact) mass is 234 g/mol. The third-order valence-electron chi connectivity index (χ3n) is 1.71. The number of phenols is 1. The van der Waals surface area contributed by atoms with E-state index in [1.165, 1.54) is 12.1 Å². The molecule has 0 aliphatic rings. The lowest BCUT2D eigenvalue weighted by atomic mass is 10.1. The highest BCUT2D eigenvalue weighted by molar-refractivity contribution is 6.36. The fourth-order valence-corrected chi connectivity index (χ4v) is 1.72. The van der Waals surface area contributed by atoms with Crippen LogP contribution in [0.5, 0.6) is 5.75 Å². The minimum atomic E-state index is -0.912. The molecule has 5 heteroatoms. The number of carbonyl (C=O) groups is 1. The van der Waals surface area contributed by atoms with Gasteiger partial charge in [-0.3, -0.25) is 4.79 Å². The van der Waals surface area contributed by atoms with Gasteiger partial charge in [-0.1, -0.05) is 23.2 Å². The maximum absolute atomic E-state index is 10.3. The molecule has 1 rings (SSSR count). The van der Waals surface area contributed by atoms with E-state index in [9.17, 15) is 4.79 Å². The molecule has 0 aromatic heterocycles. The van der Waals surface area contributed by atoms with Crippen molar-refractivity contribution >= 4 is 29.2 Å². The number of aromatic hydroxyl groups is 1. The first-order valence-electron chi connectivity index (χ1n) is 3.89. The van der Waals surface area contributed by atoms with Crippen LogP contribution in [0.1, 0.15) is 12.0 Å². The summed E-state index contributed by atoms with van der Waals surface area (Å²) in [6, 6.07) is 2.68. The van der Waals surface area contributed by atoms with Crippen LogP contribution >= 0.6 is 23.2 Å². The molecule has 0 aliphatic heterocycles. The standard InChI is InChI=1S/C9H8Cl2O3/c10-7-3-5(12)4-8(11)6(7)1-2-9(13)14/h3-4,12H,1-2H2,(H,13,14). The average molecular weight is 235 g/mol. The molecule has 0 heterocycles. The fourth-order valence-electron chi connectivity index (χ4n) is 1.06. The Kier molecular flexibility index (Phi) is 3.61. The lowest BCUT2D eigenvalue weighted by molar-refractivity contribution is -0.136. The Morgan fingerprint density at radius 3 is 2.21 bits per heavy atom. The molecule has 14 heavy (non-hydrogen) atoms. The summed E-state index contributed by atoms with van der Waals surface area (Å²) in [6.07, 6.45) is 0.220. The van der Waals surface area contributed by atoms with Crippen LogP contribution in [0.3, 0.4) is 0 Å². The Morgan fingerprint density at radius 1 is 1.29 bits per heavy atom. The van der Waals surface area contributed by atoms with Crippen molar-refractivity contribution in [1.29, 1.82) is 0 Å². The van der Waals surface area contributed by atoms with Gasteiger partial charge >= 0.3 is 5.97 Å². The van der Waals surface area contributed by atoms with E-state index in [1.807, 2.05) is 0 Å². The number of hydrogen-bond donors (Lipinski definition) is 2. The van der Waals surface area contributed by atoms with Crippen LogP contribution in [-0.4, -0.2) is 16.2 Å². The molecular formula is C9H8Cl2O3. The summed E-state index contributed by atoms with van der Waals surface area (Å²) in [5.41, 5.74) is 0.550. The molecule has 0 amide bonds. The van der Waals surface area contributed by atoms with Gasteiger partial charge in [0.2, 0.25) is 0 Å². The van der Waals surface area contributed by atoms with E-state index in [4.69, 9.17) is 33.4 Å². The molecule has 3 nitrogen and oxygen atoms in total. The Hall–Kier alpha value is -0.930. The molecule has 0 spiro atoms. The highest BCUT2D eigenvalue weighted by atomic mass is 35.5. The van der Waals surface area contributed by atoms with Gasteiger partial charge in [0, 0.05) is 16.5 Å². The van der Waals surface area contributed by atoms with E-state index < -0.39 is 5.97 Å². The van der Waals surface area contributed by atoms with E-state index >= 15 is 0 Å². The molecule has 1 aromatic carbocycles. The minimum absolute atomic E-state index is 0.0286. The number of aliphatic carboxylic acids is 1. The Labute approximate surface area is 90.9 Å². The number of carboxylic acids is 1. The van der Waals surface area contributed by atoms with Gasteiger partial charge in [-0.05, 0) is 24.1 Å². The van der Waals surface area contributed by atoms with Crippen molar-refractivity contribution in [2.75, 3.05) is 0 Å². The number of hydrogen-bond acceptors (Lipinski definition) is 2. The van der Waals surface area contributed by atoms with Crippen LogP contribution in [0.25, 0.3) is 0 Å². The SMILES string of the molecule is O=C(O)CCc1c(Cl)cc(O)cc1Cl. The molecule has 0 aliphatic carbocycles. The second kappa shape index (κ2) is 4.53. The predicted molar refractivity (Wildman–Crippen MR) is 54.1 cm³/mol. The molecule has 0 radical (unpaired) electrons. The highest BCUT2D eigenvalue weighted by Gasteiger charge is 2.09. The lowest BCUT2D eigenvalue weighted by Crippen LogP contribution is -1.98. The van der Waals surface area contributed by atoms with Gasteiger partial charge in [-0.25, -0.2) is 0 Å². The van der Waals surface area contributed by atoms with Crippen LogP contribution in [0.2, 0.25) is 10.0 Å². The van der Waals surface area contributed by atoms with E-state index in [-0.39, 0.29) is 28.6 Å². The van der Waals surface area contributed by atoms with Gasteiger partial charge < -0.3 is 10.2 Å². The summed E-state index contributed by atoms with van der Waals surface area (Å²) in [5.74, 6) is -0.940. The number of phenolic OH excluding ortho intramolecular Hbond substituents is 1. The smallest absolute Gasteiger partial charge is 0.303 e. The predicted octanol–water partition coefficient (Wildman–Crippen LogP) is 2.72. The fraction of sp³-hybridized carbons (Fsp3) is 0.222. The lowest BCUT2D eigenvalue weighted by Gasteiger charge is -2.05. The number of carboxylic acid groups (broad SMARTS) is 1. The van der Waals surface area contributed by atoms with Gasteiger partial charge in [-0.15, -0.1) is 0 Å². The van der Waals surface area contributed by atoms with Gasteiger partial charge in [-0.2, -0.15) is 0 Å². The second-order valence-electron chi connectivity index (χ2n) is 2.78. The summed E-state index contributed by atoms with van der Waals surface area (Å²) in [7, 11) is 0. The van der Waals surface area contributed by atoms with Crippen LogP contribution in [-0.2, 0) is 11.2 Å². The van der Waals surface area contributed by atoms with Gasteiger partial charge in [0.25, 0.3) is 0 Å². The zero-order valence-corrected chi connectivity index (χ0v) is 8.64. The van der Waals surface area contributed by atoms with E-state index in [2.05, 4.69) is 0 Å². The summed E-state index contributed by atoms with van der Waals surface area (Å²) in [4.78, 5) is 10.3. The molecule has 0 atom stereocenters. The van der Waals surface area contributed by atoms with Crippen molar-refractivity contribution < 1.29 is 15.0 Å². The Morgan fingerprint density at radius 2 is 1.79 bits per heavy atom. The molecule has 1 aromatic rings. The molecule has 0 saturated heterocycles. The summed E-state index contributed by atoms with van der Waals surface area (Å²) in [6.45, 7) is 0. The maximum Gasteiger partial charge on any atom is 0.303 e. The zero-order valence-electron chi connectivity index (χ0n) is 7.13. The average Bonchev–Trinajstić information content (AvgIpc) is 2.01. The van der Waals surface area contributed by atoms with Gasteiger partial charge in [0.05, 0.1) is 0 Å². The van der Waals surface area contributed by atoms with Crippen molar-refractivity contribution in [2.45, 2.75) is 12.8 Å². The van der Waals surface area contributed by atoms with E-state index in [0.717, 1.165) is 0 Å². The molecule has 0 unspecified atom stereocenters. The van der Waals surface area contributed by atoms with Crippen LogP contribution in [0.4, 0.5) is 0 Å². The molecule has 0 saturated carbocycles. The van der Waals surface area contributed by atoms with Crippen molar-refractivity contribution in [1.82, 2.24) is 0 Å². The molecule has 76 valence electrons. The first-order valence-corrected chi connectivity index (χ1v) is 4.65. The van der Waals surface area contributed by atoms with Crippen molar-refractivity contribution in [3.8, 4) is 5.75 Å².